The molecule has 0 aromatic carbocycles. The first-order valence-electron chi connectivity index (χ1n) is 10.1. The lowest BCUT2D eigenvalue weighted by molar-refractivity contribution is -0.141. The Bertz CT molecular complexity index is 1210. The van der Waals surface area contributed by atoms with Crippen molar-refractivity contribution in [2.24, 2.45) is 0 Å². The Balaban J connectivity index is 1.55. The number of nitrogens with zero attached hydrogens (tertiary/aromatic N) is 6. The van der Waals surface area contributed by atoms with Crippen LogP contribution in [0.3, 0.4) is 0 Å². The van der Waals surface area contributed by atoms with Gasteiger partial charge in [0.05, 0.1) is 17.9 Å². The summed E-state index contributed by atoms with van der Waals surface area (Å²) in [5.41, 5.74) is -6.96. The van der Waals surface area contributed by atoms with Gasteiger partial charge in [-0.1, -0.05) is 0 Å². The highest BCUT2D eigenvalue weighted by Gasteiger charge is 2.36. The van der Waals surface area contributed by atoms with Crippen LogP contribution in [0.4, 0.5) is 36.8 Å². The summed E-state index contributed by atoms with van der Waals surface area (Å²) in [6.07, 6.45) is 0.356. The molecule has 1 aliphatic rings. The average Bonchev–Trinajstić information content (AvgIpc) is 3.52. The van der Waals surface area contributed by atoms with Gasteiger partial charge >= 0.3 is 17.7 Å². The lowest BCUT2D eigenvalue weighted by Gasteiger charge is -2.17. The lowest BCUT2D eigenvalue weighted by atomic mass is 10.3. The van der Waals surface area contributed by atoms with Crippen molar-refractivity contribution in [2.45, 2.75) is 48.3 Å². The van der Waals surface area contributed by atoms with Crippen molar-refractivity contribution < 1.29 is 31.1 Å². The predicted molar refractivity (Wildman–Crippen MR) is 111 cm³/mol. The van der Waals surface area contributed by atoms with Gasteiger partial charge in [-0.3, -0.25) is 0 Å². The van der Waals surface area contributed by atoms with E-state index in [0.29, 0.717) is 12.0 Å². The average molecular weight is 518 g/mol. The molecule has 0 radical (unpaired) electrons. The van der Waals surface area contributed by atoms with E-state index in [2.05, 4.69) is 35.7 Å². The third-order valence-electron chi connectivity index (χ3n) is 4.70. The highest BCUT2D eigenvalue weighted by molar-refractivity contribution is 8.00. The van der Waals surface area contributed by atoms with Crippen LogP contribution in [-0.2, 0) is 6.18 Å². The number of hydrogen-bond donors (Lipinski definition) is 2. The van der Waals surface area contributed by atoms with Crippen LogP contribution in [0.5, 0.6) is 0 Å². The molecule has 1 saturated carbocycles. The van der Waals surface area contributed by atoms with Crippen molar-refractivity contribution in [1.82, 2.24) is 35.0 Å². The molecule has 1 unspecified atom stereocenters. The molecule has 3 aromatic heterocycles. The second-order valence-electron chi connectivity index (χ2n) is 7.49. The van der Waals surface area contributed by atoms with Crippen molar-refractivity contribution in [3.8, 4) is 5.95 Å². The maximum atomic E-state index is 12.9. The molecule has 9 nitrogen and oxygen atoms in total. The molecule has 0 saturated heterocycles. The Morgan fingerprint density at radius 2 is 1.83 bits per heavy atom. The zero-order valence-electron chi connectivity index (χ0n) is 17.7. The summed E-state index contributed by atoms with van der Waals surface area (Å²) in [4.78, 5) is 27.5. The number of rotatable bonds is 6. The second-order valence-corrected chi connectivity index (χ2v) is 8.60. The Labute approximate surface area is 197 Å². The molecule has 35 heavy (non-hydrogen) atoms. The number of nitrogens with one attached hydrogen (secondary N) is 2. The largest absolute Gasteiger partial charge is 0.446 e. The molecule has 1 aliphatic carbocycles. The quantitative estimate of drug-likeness (QED) is 0.355. The number of anilines is 1. The zero-order chi connectivity index (χ0) is 25.4. The number of halogens is 6. The number of carbonyl (C=O) groups is 1. The molecule has 0 spiro atoms. The summed E-state index contributed by atoms with van der Waals surface area (Å²) in [7, 11) is 0. The van der Waals surface area contributed by atoms with Crippen molar-refractivity contribution in [1.29, 1.82) is 0 Å². The third kappa shape index (κ3) is 6.17. The van der Waals surface area contributed by atoms with Gasteiger partial charge in [0.1, 0.15) is 5.69 Å². The maximum absolute atomic E-state index is 12.9. The summed E-state index contributed by atoms with van der Waals surface area (Å²) >= 11 is -0.797. The molecule has 2 N–H and O–H groups in total. The molecule has 16 heteroatoms. The minimum atomic E-state index is -4.96. The van der Waals surface area contributed by atoms with Crippen LogP contribution in [0.2, 0.25) is 0 Å². The van der Waals surface area contributed by atoms with Crippen molar-refractivity contribution in [3.05, 3.63) is 48.1 Å². The Hall–Kier alpha value is -3.43. The van der Waals surface area contributed by atoms with Gasteiger partial charge in [0, 0.05) is 23.2 Å². The van der Waals surface area contributed by atoms with E-state index in [4.69, 9.17) is 0 Å². The van der Waals surface area contributed by atoms with E-state index in [0.717, 1.165) is 12.8 Å². The smallest absolute Gasteiger partial charge is 0.328 e. The molecule has 1 atom stereocenters. The Morgan fingerprint density at radius 3 is 2.43 bits per heavy atom. The van der Waals surface area contributed by atoms with Crippen LogP contribution in [0.15, 0.2) is 35.6 Å². The van der Waals surface area contributed by atoms with Gasteiger partial charge in [-0.2, -0.15) is 31.0 Å². The van der Waals surface area contributed by atoms with Crippen LogP contribution in [0.1, 0.15) is 49.1 Å². The SMILES string of the molecule is CC(NC(=O)Nc1cnc(C(F)(F)F)cc1SC(F)(F)F)c1nc(C2CC2)nn1-c1ncccn1. The third-order valence-corrected chi connectivity index (χ3v) is 5.49. The Morgan fingerprint density at radius 1 is 1.14 bits per heavy atom. The summed E-state index contributed by atoms with van der Waals surface area (Å²) in [5, 5.41) is 9.02. The van der Waals surface area contributed by atoms with Gasteiger partial charge in [0.15, 0.2) is 11.6 Å². The molecular weight excluding hydrogens is 502 g/mol. The fraction of sp³-hybridized carbons (Fsp3) is 0.368. The van der Waals surface area contributed by atoms with Gasteiger partial charge in [-0.05, 0) is 43.7 Å². The van der Waals surface area contributed by atoms with Crippen molar-refractivity contribution in [3.63, 3.8) is 0 Å². The lowest BCUT2D eigenvalue weighted by Crippen LogP contribution is -2.33. The molecule has 2 amide bonds. The minimum Gasteiger partial charge on any atom is -0.328 e. The van der Waals surface area contributed by atoms with Gasteiger partial charge in [-0.15, -0.1) is 5.10 Å². The van der Waals surface area contributed by atoms with Crippen molar-refractivity contribution >= 4 is 23.5 Å². The van der Waals surface area contributed by atoms with Crippen LogP contribution < -0.4 is 10.6 Å². The number of thioether (sulfide) groups is 1. The molecule has 0 bridgehead atoms. The van der Waals surface area contributed by atoms with Crippen molar-refractivity contribution in [2.75, 3.05) is 5.32 Å². The summed E-state index contributed by atoms with van der Waals surface area (Å²) < 4.78 is 78.8. The first-order chi connectivity index (χ1) is 16.4. The van der Waals surface area contributed by atoms with E-state index < -0.39 is 51.8 Å². The number of aromatic nitrogens is 6. The zero-order valence-corrected chi connectivity index (χ0v) is 18.5. The van der Waals surface area contributed by atoms with E-state index in [9.17, 15) is 31.1 Å². The standard InChI is InChI=1S/C19H16F6N8OS/c1-9(15-31-14(10-3-4-10)32-33(15)16-26-5-2-6-27-16)29-17(34)30-11-8-28-13(18(20,21)22)7-12(11)35-19(23,24)25/h2,5-10H,3-4H2,1H3,(H2,29,30,34). The van der Waals surface area contributed by atoms with E-state index in [1.54, 1.807) is 13.0 Å². The first-order valence-corrected chi connectivity index (χ1v) is 10.9. The highest BCUT2D eigenvalue weighted by atomic mass is 32.2. The predicted octanol–water partition coefficient (Wildman–Crippen LogP) is 4.84. The maximum Gasteiger partial charge on any atom is 0.446 e. The van der Waals surface area contributed by atoms with E-state index in [-0.39, 0.29) is 23.8 Å². The number of alkyl halides is 6. The topological polar surface area (TPSA) is 111 Å². The highest BCUT2D eigenvalue weighted by Crippen LogP contribution is 2.42. The van der Waals surface area contributed by atoms with E-state index in [1.165, 1.54) is 17.1 Å². The number of pyridine rings is 1. The van der Waals surface area contributed by atoms with Gasteiger partial charge in [-0.25, -0.2) is 24.7 Å². The molecule has 186 valence electrons. The van der Waals surface area contributed by atoms with Crippen LogP contribution in [0, 0.1) is 0 Å². The molecule has 3 heterocycles. The minimum absolute atomic E-state index is 0.167. The summed E-state index contributed by atoms with van der Waals surface area (Å²) in [5.74, 6) is 1.17. The summed E-state index contributed by atoms with van der Waals surface area (Å²) in [6, 6.07) is 0.0215. The van der Waals surface area contributed by atoms with Gasteiger partial charge < -0.3 is 10.6 Å². The van der Waals surface area contributed by atoms with Gasteiger partial charge in [0.25, 0.3) is 5.95 Å². The molecule has 3 aromatic rings. The van der Waals surface area contributed by atoms with E-state index in [1.807, 2.05) is 0 Å². The number of hydrogen-bond acceptors (Lipinski definition) is 7. The number of carbonyl (C=O) groups excluding carboxylic acids is 1. The Kier molecular flexibility index (Phi) is 6.57. The van der Waals surface area contributed by atoms with Gasteiger partial charge in [0.2, 0.25) is 0 Å². The monoisotopic (exact) mass is 518 g/mol. The van der Waals surface area contributed by atoms with Crippen LogP contribution >= 0.6 is 11.8 Å². The van der Waals surface area contributed by atoms with Crippen LogP contribution in [0.25, 0.3) is 5.95 Å². The molecule has 1 fully saturated rings. The first kappa shape index (κ1) is 24.7. The summed E-state index contributed by atoms with van der Waals surface area (Å²) in [6.45, 7) is 1.55. The fourth-order valence-electron chi connectivity index (χ4n) is 3.00. The normalized spacial score (nSPS) is 15.1. The van der Waals surface area contributed by atoms with E-state index >= 15 is 0 Å². The molecular formula is C19H16F6N8OS. The van der Waals surface area contributed by atoms with Crippen LogP contribution in [-0.4, -0.2) is 41.3 Å². The second kappa shape index (κ2) is 9.31. The number of amides is 2. The molecule has 0 aliphatic heterocycles. The molecule has 4 rings (SSSR count). The number of urea groups is 1. The fourth-order valence-corrected chi connectivity index (χ4v) is 3.63.